The van der Waals surface area contributed by atoms with Gasteiger partial charge in [0.1, 0.15) is 0 Å². The summed E-state index contributed by atoms with van der Waals surface area (Å²) in [5.41, 5.74) is 0.481. The lowest BCUT2D eigenvalue weighted by atomic mass is 9.70. The molecule has 1 aliphatic carbocycles. The zero-order valence-corrected chi connectivity index (χ0v) is 14.2. The molecule has 1 N–H and O–H groups in total. The predicted molar refractivity (Wildman–Crippen MR) is 85.1 cm³/mol. The normalized spacial score (nSPS) is 38.9. The Morgan fingerprint density at radius 1 is 1.20 bits per heavy atom. The van der Waals surface area contributed by atoms with Crippen LogP contribution >= 0.6 is 0 Å². The number of rotatable bonds is 4. The molecule has 118 valence electrons. The van der Waals surface area contributed by atoms with E-state index in [0.717, 1.165) is 25.6 Å². The van der Waals surface area contributed by atoms with E-state index in [4.69, 9.17) is 4.74 Å². The Labute approximate surface area is 125 Å². The summed E-state index contributed by atoms with van der Waals surface area (Å²) in [6.45, 7) is 13.6. The van der Waals surface area contributed by atoms with E-state index in [1.807, 2.05) is 0 Å². The molecule has 0 amide bonds. The SMILES string of the molecule is CNCC1(CN2CC(C)OC(C)(C)C2)CCC(C)CC1. The second-order valence-corrected chi connectivity index (χ2v) is 8.07. The standard InChI is InChI=1S/C17H34N2O/c1-14-6-8-17(9-7-14,11-18-5)13-19-10-15(2)20-16(3,4)12-19/h14-15,18H,6-13H2,1-5H3. The summed E-state index contributed by atoms with van der Waals surface area (Å²) in [4.78, 5) is 2.65. The minimum Gasteiger partial charge on any atom is -0.370 e. The van der Waals surface area contributed by atoms with E-state index in [0.29, 0.717) is 11.5 Å². The number of ether oxygens (including phenoxy) is 1. The van der Waals surface area contributed by atoms with Crippen LogP contribution in [0.15, 0.2) is 0 Å². The molecule has 1 aliphatic heterocycles. The van der Waals surface area contributed by atoms with Crippen LogP contribution in [0.5, 0.6) is 0 Å². The summed E-state index contributed by atoms with van der Waals surface area (Å²) in [6.07, 6.45) is 5.89. The molecule has 3 nitrogen and oxygen atoms in total. The Kier molecular flexibility index (Phi) is 5.14. The van der Waals surface area contributed by atoms with Gasteiger partial charge in [0.2, 0.25) is 0 Å². The van der Waals surface area contributed by atoms with Crippen molar-refractivity contribution < 1.29 is 4.74 Å². The molecule has 20 heavy (non-hydrogen) atoms. The van der Waals surface area contributed by atoms with Gasteiger partial charge in [-0.25, -0.2) is 0 Å². The molecule has 0 spiro atoms. The molecule has 1 atom stereocenters. The average Bonchev–Trinajstić information content (AvgIpc) is 2.31. The van der Waals surface area contributed by atoms with Gasteiger partial charge in [0.05, 0.1) is 11.7 Å². The van der Waals surface area contributed by atoms with E-state index in [-0.39, 0.29) is 5.60 Å². The quantitative estimate of drug-likeness (QED) is 0.858. The number of nitrogens with zero attached hydrogens (tertiary/aromatic N) is 1. The Morgan fingerprint density at radius 3 is 2.40 bits per heavy atom. The van der Waals surface area contributed by atoms with Gasteiger partial charge in [-0.3, -0.25) is 4.90 Å². The molecule has 1 saturated carbocycles. The van der Waals surface area contributed by atoms with Crippen LogP contribution in [0.4, 0.5) is 0 Å². The summed E-state index contributed by atoms with van der Waals surface area (Å²) in [5.74, 6) is 0.917. The van der Waals surface area contributed by atoms with Gasteiger partial charge in [0, 0.05) is 26.2 Å². The summed E-state index contributed by atoms with van der Waals surface area (Å²) in [5, 5.41) is 3.46. The van der Waals surface area contributed by atoms with Gasteiger partial charge in [-0.1, -0.05) is 19.8 Å². The molecule has 1 saturated heterocycles. The Morgan fingerprint density at radius 2 is 1.85 bits per heavy atom. The zero-order chi connectivity index (χ0) is 14.8. The van der Waals surface area contributed by atoms with Crippen LogP contribution < -0.4 is 5.32 Å². The largest absolute Gasteiger partial charge is 0.370 e. The van der Waals surface area contributed by atoms with Crippen molar-refractivity contribution in [2.75, 3.05) is 33.2 Å². The smallest absolute Gasteiger partial charge is 0.0757 e. The summed E-state index contributed by atoms with van der Waals surface area (Å²) in [7, 11) is 2.10. The van der Waals surface area contributed by atoms with Crippen LogP contribution in [0.3, 0.4) is 0 Å². The molecule has 3 heteroatoms. The minimum atomic E-state index is 0.000455. The van der Waals surface area contributed by atoms with E-state index >= 15 is 0 Å². The fraction of sp³-hybridized carbons (Fsp3) is 1.00. The lowest BCUT2D eigenvalue weighted by molar-refractivity contribution is -0.136. The minimum absolute atomic E-state index is 0.000455. The first-order valence-corrected chi connectivity index (χ1v) is 8.39. The number of nitrogens with one attached hydrogen (secondary N) is 1. The van der Waals surface area contributed by atoms with Crippen molar-refractivity contribution in [2.45, 2.75) is 65.1 Å². The van der Waals surface area contributed by atoms with Crippen molar-refractivity contribution in [3.8, 4) is 0 Å². The van der Waals surface area contributed by atoms with Crippen molar-refractivity contribution in [1.82, 2.24) is 10.2 Å². The van der Waals surface area contributed by atoms with E-state index in [1.165, 1.54) is 32.2 Å². The van der Waals surface area contributed by atoms with Crippen molar-refractivity contribution in [2.24, 2.45) is 11.3 Å². The Bertz CT molecular complexity index is 308. The third kappa shape index (κ3) is 4.19. The predicted octanol–water partition coefficient (Wildman–Crippen LogP) is 2.90. The van der Waals surface area contributed by atoms with Gasteiger partial charge in [-0.05, 0) is 52.0 Å². The topological polar surface area (TPSA) is 24.5 Å². The number of morpholine rings is 1. The lowest BCUT2D eigenvalue weighted by Crippen LogP contribution is -2.56. The van der Waals surface area contributed by atoms with Gasteiger partial charge in [0.25, 0.3) is 0 Å². The fourth-order valence-corrected chi connectivity index (χ4v) is 4.32. The zero-order valence-electron chi connectivity index (χ0n) is 14.2. The molecule has 2 rings (SSSR count). The number of hydrogen-bond acceptors (Lipinski definition) is 3. The molecule has 2 aliphatic rings. The first kappa shape index (κ1) is 16.3. The maximum atomic E-state index is 6.05. The van der Waals surface area contributed by atoms with Gasteiger partial charge < -0.3 is 10.1 Å². The summed E-state index contributed by atoms with van der Waals surface area (Å²) < 4.78 is 6.05. The molecule has 0 aromatic rings. The van der Waals surface area contributed by atoms with Crippen molar-refractivity contribution in [3.05, 3.63) is 0 Å². The Balaban J connectivity index is 2.00. The van der Waals surface area contributed by atoms with Crippen LogP contribution in [-0.4, -0.2) is 49.8 Å². The number of hydrogen-bond donors (Lipinski definition) is 1. The average molecular weight is 282 g/mol. The van der Waals surface area contributed by atoms with E-state index < -0.39 is 0 Å². The molecule has 0 radical (unpaired) electrons. The first-order valence-electron chi connectivity index (χ1n) is 8.39. The van der Waals surface area contributed by atoms with Crippen molar-refractivity contribution >= 4 is 0 Å². The van der Waals surface area contributed by atoms with Crippen molar-refractivity contribution in [3.63, 3.8) is 0 Å². The van der Waals surface area contributed by atoms with Gasteiger partial charge in [0.15, 0.2) is 0 Å². The van der Waals surface area contributed by atoms with E-state index in [9.17, 15) is 0 Å². The lowest BCUT2D eigenvalue weighted by Gasteiger charge is -2.48. The molecule has 0 bridgehead atoms. The monoisotopic (exact) mass is 282 g/mol. The molecule has 1 unspecified atom stereocenters. The second kappa shape index (κ2) is 6.33. The van der Waals surface area contributed by atoms with Crippen LogP contribution in [-0.2, 0) is 4.74 Å². The van der Waals surface area contributed by atoms with Crippen molar-refractivity contribution in [1.29, 1.82) is 0 Å². The molecule has 0 aromatic carbocycles. The van der Waals surface area contributed by atoms with Crippen LogP contribution in [0.2, 0.25) is 0 Å². The second-order valence-electron chi connectivity index (χ2n) is 8.07. The highest BCUT2D eigenvalue weighted by Crippen LogP contribution is 2.40. The first-order chi connectivity index (χ1) is 9.34. The van der Waals surface area contributed by atoms with Crippen LogP contribution in [0, 0.1) is 11.3 Å². The van der Waals surface area contributed by atoms with Gasteiger partial charge >= 0.3 is 0 Å². The van der Waals surface area contributed by atoms with E-state index in [2.05, 4.69) is 45.0 Å². The Hall–Kier alpha value is -0.120. The third-order valence-electron chi connectivity index (χ3n) is 5.09. The van der Waals surface area contributed by atoms with Crippen LogP contribution in [0.25, 0.3) is 0 Å². The highest BCUT2D eigenvalue weighted by atomic mass is 16.5. The van der Waals surface area contributed by atoms with E-state index in [1.54, 1.807) is 0 Å². The molecule has 1 heterocycles. The highest BCUT2D eigenvalue weighted by molar-refractivity contribution is 4.92. The molecular weight excluding hydrogens is 248 g/mol. The molecule has 2 fully saturated rings. The van der Waals surface area contributed by atoms with Crippen LogP contribution in [0.1, 0.15) is 53.4 Å². The highest BCUT2D eigenvalue weighted by Gasteiger charge is 2.39. The third-order valence-corrected chi connectivity index (χ3v) is 5.09. The maximum Gasteiger partial charge on any atom is 0.0757 e. The van der Waals surface area contributed by atoms with Gasteiger partial charge in [-0.15, -0.1) is 0 Å². The summed E-state index contributed by atoms with van der Waals surface area (Å²) >= 11 is 0. The van der Waals surface area contributed by atoms with Gasteiger partial charge in [-0.2, -0.15) is 0 Å². The maximum absolute atomic E-state index is 6.05. The molecular formula is C17H34N2O. The summed E-state index contributed by atoms with van der Waals surface area (Å²) in [6, 6.07) is 0. The molecule has 0 aromatic heterocycles. The fourth-order valence-electron chi connectivity index (χ4n) is 4.32.